The van der Waals surface area contributed by atoms with Crippen LogP contribution < -0.4 is 5.32 Å². The lowest BCUT2D eigenvalue weighted by atomic mass is 10.2. The maximum absolute atomic E-state index is 5.05. The summed E-state index contributed by atoms with van der Waals surface area (Å²) in [4.78, 5) is 4.33. The monoisotopic (exact) mass is 257 g/mol. The third-order valence-electron chi connectivity index (χ3n) is 2.52. The van der Waals surface area contributed by atoms with Gasteiger partial charge in [-0.3, -0.25) is 0 Å². The van der Waals surface area contributed by atoms with Crippen LogP contribution in [-0.4, -0.2) is 41.8 Å². The molecule has 1 N–H and O–H groups in total. The average Bonchev–Trinajstić information content (AvgIpc) is 2.75. The van der Waals surface area contributed by atoms with E-state index in [-0.39, 0.29) is 0 Å². The van der Waals surface area contributed by atoms with Gasteiger partial charge < -0.3 is 14.6 Å². The van der Waals surface area contributed by atoms with Crippen LogP contribution in [0.2, 0.25) is 0 Å². The van der Waals surface area contributed by atoms with Gasteiger partial charge in [0.25, 0.3) is 0 Å². The van der Waals surface area contributed by atoms with Crippen LogP contribution in [0.4, 0.5) is 5.95 Å². The van der Waals surface area contributed by atoms with Crippen molar-refractivity contribution < 1.29 is 4.74 Å². The van der Waals surface area contributed by atoms with E-state index in [0.717, 1.165) is 32.1 Å². The van der Waals surface area contributed by atoms with Crippen molar-refractivity contribution in [1.82, 2.24) is 9.55 Å². The van der Waals surface area contributed by atoms with E-state index in [1.54, 1.807) is 7.11 Å². The van der Waals surface area contributed by atoms with Crippen molar-refractivity contribution in [3.63, 3.8) is 0 Å². The molecule has 1 aromatic heterocycles. The van der Waals surface area contributed by atoms with Crippen LogP contribution in [0.15, 0.2) is 12.4 Å². The Labute approximate surface area is 108 Å². The summed E-state index contributed by atoms with van der Waals surface area (Å²) in [5.41, 5.74) is 0. The molecule has 0 aliphatic heterocycles. The van der Waals surface area contributed by atoms with E-state index in [4.69, 9.17) is 4.74 Å². The summed E-state index contributed by atoms with van der Waals surface area (Å²) in [7, 11) is 1.73. The molecule has 1 unspecified atom stereocenters. The van der Waals surface area contributed by atoms with Gasteiger partial charge in [0, 0.05) is 39.2 Å². The smallest absolute Gasteiger partial charge is 0.202 e. The third-order valence-corrected chi connectivity index (χ3v) is 3.43. The Kier molecular flexibility index (Phi) is 7.12. The van der Waals surface area contributed by atoms with Gasteiger partial charge in [-0.15, -0.1) is 0 Å². The number of methoxy groups -OCH3 is 1. The van der Waals surface area contributed by atoms with Gasteiger partial charge in [-0.2, -0.15) is 11.8 Å². The number of nitrogens with one attached hydrogen (secondary N) is 1. The van der Waals surface area contributed by atoms with Crippen molar-refractivity contribution in [3.8, 4) is 0 Å². The Hall–Kier alpha value is -0.680. The zero-order valence-electron chi connectivity index (χ0n) is 11.0. The number of hydrogen-bond donors (Lipinski definition) is 1. The van der Waals surface area contributed by atoms with Crippen LogP contribution in [-0.2, 0) is 11.3 Å². The highest BCUT2D eigenvalue weighted by Crippen LogP contribution is 2.09. The number of rotatable bonds is 9. The molecule has 0 aliphatic rings. The highest BCUT2D eigenvalue weighted by molar-refractivity contribution is 7.98. The first-order valence-corrected chi connectivity index (χ1v) is 7.40. The van der Waals surface area contributed by atoms with Crippen LogP contribution in [0.25, 0.3) is 0 Å². The number of thioether (sulfide) groups is 1. The Morgan fingerprint density at radius 3 is 3.12 bits per heavy atom. The van der Waals surface area contributed by atoms with Crippen molar-refractivity contribution in [3.05, 3.63) is 12.4 Å². The van der Waals surface area contributed by atoms with E-state index in [9.17, 15) is 0 Å². The minimum absolute atomic E-state index is 0.661. The standard InChI is InChI=1S/C12H23N3OS/c1-11(10-17-3)9-14-12-13-5-7-15(12)6-4-8-16-2/h5,7,11H,4,6,8-10H2,1-3H3,(H,13,14). The Balaban J connectivity index is 2.34. The van der Waals surface area contributed by atoms with Crippen molar-refractivity contribution in [2.75, 3.05) is 37.6 Å². The van der Waals surface area contributed by atoms with Crippen LogP contribution >= 0.6 is 11.8 Å². The fraction of sp³-hybridized carbons (Fsp3) is 0.750. The predicted octanol–water partition coefficient (Wildman–Crippen LogP) is 2.33. The van der Waals surface area contributed by atoms with Crippen molar-refractivity contribution in [1.29, 1.82) is 0 Å². The summed E-state index contributed by atoms with van der Waals surface area (Å²) in [5.74, 6) is 2.81. The van der Waals surface area contributed by atoms with Gasteiger partial charge in [-0.1, -0.05) is 6.92 Å². The summed E-state index contributed by atoms with van der Waals surface area (Å²) >= 11 is 1.88. The summed E-state index contributed by atoms with van der Waals surface area (Å²) in [5, 5.41) is 3.40. The molecule has 1 atom stereocenters. The molecular formula is C12H23N3OS. The molecule has 17 heavy (non-hydrogen) atoms. The molecule has 98 valence electrons. The summed E-state index contributed by atoms with van der Waals surface area (Å²) in [6, 6.07) is 0. The molecule has 0 aromatic carbocycles. The molecule has 1 heterocycles. The molecule has 0 spiro atoms. The van der Waals surface area contributed by atoms with Gasteiger partial charge in [-0.25, -0.2) is 4.98 Å². The Bertz CT molecular complexity index is 304. The first-order valence-electron chi connectivity index (χ1n) is 6.00. The van der Waals surface area contributed by atoms with Gasteiger partial charge in [0.2, 0.25) is 5.95 Å². The Morgan fingerprint density at radius 2 is 2.41 bits per heavy atom. The molecule has 0 saturated carbocycles. The van der Waals surface area contributed by atoms with Gasteiger partial charge in [0.15, 0.2) is 0 Å². The van der Waals surface area contributed by atoms with Gasteiger partial charge in [0.05, 0.1) is 0 Å². The van der Waals surface area contributed by atoms with E-state index in [2.05, 4.69) is 28.0 Å². The number of imidazole rings is 1. The molecule has 1 aromatic rings. The van der Waals surface area contributed by atoms with Crippen molar-refractivity contribution in [2.45, 2.75) is 19.9 Å². The maximum atomic E-state index is 5.05. The average molecular weight is 257 g/mol. The zero-order chi connectivity index (χ0) is 12.5. The van der Waals surface area contributed by atoms with Crippen LogP contribution in [0.1, 0.15) is 13.3 Å². The number of aromatic nitrogens is 2. The third kappa shape index (κ3) is 5.46. The summed E-state index contributed by atoms with van der Waals surface area (Å²) in [6.45, 7) is 4.97. The fourth-order valence-corrected chi connectivity index (χ4v) is 2.33. The topological polar surface area (TPSA) is 39.1 Å². The molecule has 0 fully saturated rings. The van der Waals surface area contributed by atoms with Gasteiger partial charge in [-0.05, 0) is 24.3 Å². The number of ether oxygens (including phenoxy) is 1. The second-order valence-electron chi connectivity index (χ2n) is 4.23. The lowest BCUT2D eigenvalue weighted by Gasteiger charge is -2.13. The van der Waals surface area contributed by atoms with Crippen molar-refractivity contribution in [2.24, 2.45) is 5.92 Å². The van der Waals surface area contributed by atoms with E-state index in [1.807, 2.05) is 24.2 Å². The lowest BCUT2D eigenvalue weighted by Crippen LogP contribution is -2.16. The van der Waals surface area contributed by atoms with E-state index >= 15 is 0 Å². The number of aryl methyl sites for hydroxylation is 1. The lowest BCUT2D eigenvalue weighted by molar-refractivity contribution is 0.190. The van der Waals surface area contributed by atoms with Crippen LogP contribution in [0.5, 0.6) is 0 Å². The summed E-state index contributed by atoms with van der Waals surface area (Å²) in [6.07, 6.45) is 7.01. The Morgan fingerprint density at radius 1 is 1.59 bits per heavy atom. The van der Waals surface area contributed by atoms with Crippen molar-refractivity contribution >= 4 is 17.7 Å². The normalized spacial score (nSPS) is 12.6. The minimum Gasteiger partial charge on any atom is -0.385 e. The SMILES string of the molecule is COCCCn1ccnc1NCC(C)CSC. The molecule has 0 saturated heterocycles. The van der Waals surface area contributed by atoms with E-state index in [0.29, 0.717) is 5.92 Å². The zero-order valence-corrected chi connectivity index (χ0v) is 11.8. The van der Waals surface area contributed by atoms with Crippen LogP contribution in [0, 0.1) is 5.92 Å². The molecule has 0 amide bonds. The highest BCUT2D eigenvalue weighted by atomic mass is 32.2. The van der Waals surface area contributed by atoms with Crippen LogP contribution in [0.3, 0.4) is 0 Å². The van der Waals surface area contributed by atoms with E-state index < -0.39 is 0 Å². The molecule has 0 aliphatic carbocycles. The quantitative estimate of drug-likeness (QED) is 0.689. The first-order chi connectivity index (χ1) is 8.27. The minimum atomic E-state index is 0.661. The van der Waals surface area contributed by atoms with Gasteiger partial charge in [0.1, 0.15) is 0 Å². The predicted molar refractivity (Wildman–Crippen MR) is 74.8 cm³/mol. The highest BCUT2D eigenvalue weighted by Gasteiger charge is 2.05. The largest absolute Gasteiger partial charge is 0.385 e. The second-order valence-corrected chi connectivity index (χ2v) is 5.14. The molecule has 1 rings (SSSR count). The number of nitrogens with zero attached hydrogens (tertiary/aromatic N) is 2. The fourth-order valence-electron chi connectivity index (χ4n) is 1.64. The summed E-state index contributed by atoms with van der Waals surface area (Å²) < 4.78 is 7.20. The van der Waals surface area contributed by atoms with E-state index in [1.165, 1.54) is 5.75 Å². The number of hydrogen-bond acceptors (Lipinski definition) is 4. The molecule has 4 nitrogen and oxygen atoms in total. The first kappa shape index (κ1) is 14.4. The molecule has 0 bridgehead atoms. The molecular weight excluding hydrogens is 234 g/mol. The number of anilines is 1. The molecule has 5 heteroatoms. The second kappa shape index (κ2) is 8.42. The maximum Gasteiger partial charge on any atom is 0.202 e. The molecule has 0 radical (unpaired) electrons. The van der Waals surface area contributed by atoms with Gasteiger partial charge >= 0.3 is 0 Å².